The highest BCUT2D eigenvalue weighted by Crippen LogP contribution is 2.28. The molecule has 0 amide bonds. The van der Waals surface area contributed by atoms with Gasteiger partial charge in [0.15, 0.2) is 0 Å². The number of fused-ring (bicyclic) bond motifs is 1. The molecule has 3 heteroatoms. The molecular weight excluding hydrogens is 260 g/mol. The summed E-state index contributed by atoms with van der Waals surface area (Å²) in [5.74, 6) is 0. The van der Waals surface area contributed by atoms with E-state index >= 15 is 0 Å². The van der Waals surface area contributed by atoms with Gasteiger partial charge in [-0.15, -0.1) is 0 Å². The number of benzene rings is 2. The Bertz CT molecular complexity index is 664. The lowest BCUT2D eigenvalue weighted by atomic mass is 10.1. The first kappa shape index (κ1) is 13.7. The Balaban J connectivity index is 1.95. The second kappa shape index (κ2) is 6.00. The quantitative estimate of drug-likeness (QED) is 0.667. The second-order valence-electron chi connectivity index (χ2n) is 5.58. The third-order valence-electron chi connectivity index (χ3n) is 3.97. The van der Waals surface area contributed by atoms with Crippen LogP contribution in [0.2, 0.25) is 0 Å². The maximum Gasteiger partial charge on any atom is 0.0889 e. The minimum Gasteiger partial charge on any atom is -0.411 e. The highest BCUT2D eigenvalue weighted by molar-refractivity contribution is 6.05. The zero-order valence-electron chi connectivity index (χ0n) is 12.3. The van der Waals surface area contributed by atoms with E-state index in [1.807, 2.05) is 18.2 Å². The first-order chi connectivity index (χ1) is 10.3. The fourth-order valence-corrected chi connectivity index (χ4v) is 2.98. The van der Waals surface area contributed by atoms with Gasteiger partial charge in [0.1, 0.15) is 0 Å². The molecule has 2 aromatic rings. The van der Waals surface area contributed by atoms with Gasteiger partial charge < -0.3 is 10.1 Å². The van der Waals surface area contributed by atoms with Crippen molar-refractivity contribution in [2.75, 3.05) is 11.4 Å². The molecule has 0 atom stereocenters. The minimum absolute atomic E-state index is 0.789. The van der Waals surface area contributed by atoms with Crippen LogP contribution in [-0.2, 0) is 6.54 Å². The van der Waals surface area contributed by atoms with Gasteiger partial charge >= 0.3 is 0 Å². The van der Waals surface area contributed by atoms with E-state index in [1.165, 1.54) is 11.1 Å². The largest absolute Gasteiger partial charge is 0.411 e. The Labute approximate surface area is 125 Å². The highest BCUT2D eigenvalue weighted by Gasteiger charge is 2.19. The normalized spacial score (nSPS) is 16.6. The van der Waals surface area contributed by atoms with Crippen LogP contribution in [0, 0.1) is 6.92 Å². The number of nitrogens with zero attached hydrogens (tertiary/aromatic N) is 2. The molecule has 0 bridgehead atoms. The Morgan fingerprint density at radius 1 is 1.14 bits per heavy atom. The van der Waals surface area contributed by atoms with Gasteiger partial charge in [-0.05, 0) is 31.4 Å². The van der Waals surface area contributed by atoms with Crippen molar-refractivity contribution in [3.63, 3.8) is 0 Å². The summed E-state index contributed by atoms with van der Waals surface area (Å²) in [6.45, 7) is 3.98. The van der Waals surface area contributed by atoms with E-state index in [1.54, 1.807) is 0 Å². The zero-order valence-corrected chi connectivity index (χ0v) is 12.3. The maximum absolute atomic E-state index is 9.24. The van der Waals surface area contributed by atoms with Gasteiger partial charge in [-0.1, -0.05) is 53.2 Å². The molecule has 0 spiro atoms. The van der Waals surface area contributed by atoms with Crippen LogP contribution in [0.15, 0.2) is 53.7 Å². The van der Waals surface area contributed by atoms with Crippen LogP contribution in [-0.4, -0.2) is 17.5 Å². The predicted octanol–water partition coefficient (Wildman–Crippen LogP) is 3.97. The van der Waals surface area contributed by atoms with Crippen molar-refractivity contribution in [2.45, 2.75) is 26.3 Å². The molecule has 1 aliphatic heterocycles. The molecule has 108 valence electrons. The standard InChI is InChI=1S/C18H20N2O/c1-14-6-4-7-15(12-14)13-20-11-5-9-17(19-21)16-8-2-3-10-18(16)20/h2-4,6-8,10,12,21H,5,9,11,13H2,1H3/b19-17-. The van der Waals surface area contributed by atoms with E-state index < -0.39 is 0 Å². The lowest BCUT2D eigenvalue weighted by molar-refractivity contribution is 0.318. The Hall–Kier alpha value is -2.29. The number of oxime groups is 1. The van der Waals surface area contributed by atoms with E-state index in [0.717, 1.165) is 42.9 Å². The summed E-state index contributed by atoms with van der Waals surface area (Å²) in [5, 5.41) is 12.7. The summed E-state index contributed by atoms with van der Waals surface area (Å²) in [6.07, 6.45) is 1.82. The molecule has 0 unspecified atom stereocenters. The summed E-state index contributed by atoms with van der Waals surface area (Å²) in [6, 6.07) is 16.8. The number of anilines is 1. The van der Waals surface area contributed by atoms with Gasteiger partial charge in [0.05, 0.1) is 5.71 Å². The first-order valence-electron chi connectivity index (χ1n) is 7.39. The molecule has 1 aliphatic rings. The predicted molar refractivity (Wildman–Crippen MR) is 86.2 cm³/mol. The minimum atomic E-state index is 0.789. The van der Waals surface area contributed by atoms with Crippen molar-refractivity contribution in [3.8, 4) is 0 Å². The smallest absolute Gasteiger partial charge is 0.0889 e. The molecule has 0 saturated carbocycles. The van der Waals surface area contributed by atoms with E-state index in [0.29, 0.717) is 0 Å². The number of aryl methyl sites for hydroxylation is 1. The summed E-state index contributed by atoms with van der Waals surface area (Å²) in [7, 11) is 0. The fraction of sp³-hybridized carbons (Fsp3) is 0.278. The number of hydrogen-bond acceptors (Lipinski definition) is 3. The highest BCUT2D eigenvalue weighted by atomic mass is 16.4. The van der Waals surface area contributed by atoms with Crippen LogP contribution in [0.3, 0.4) is 0 Å². The second-order valence-corrected chi connectivity index (χ2v) is 5.58. The van der Waals surface area contributed by atoms with Crippen molar-refractivity contribution in [3.05, 3.63) is 65.2 Å². The summed E-state index contributed by atoms with van der Waals surface area (Å²) >= 11 is 0. The average molecular weight is 280 g/mol. The average Bonchev–Trinajstić information content (AvgIpc) is 2.67. The molecule has 2 aromatic carbocycles. The SMILES string of the molecule is Cc1cccc(CN2CCC/C(=N/O)c3ccccc32)c1. The molecule has 3 nitrogen and oxygen atoms in total. The van der Waals surface area contributed by atoms with Crippen LogP contribution in [0.25, 0.3) is 0 Å². The number of rotatable bonds is 2. The third kappa shape index (κ3) is 2.92. The van der Waals surface area contributed by atoms with Gasteiger partial charge in [-0.2, -0.15) is 0 Å². The number of para-hydroxylation sites is 1. The molecule has 0 radical (unpaired) electrons. The molecule has 3 rings (SSSR count). The molecule has 0 saturated heterocycles. The molecule has 1 heterocycles. The van der Waals surface area contributed by atoms with Gasteiger partial charge in [0.2, 0.25) is 0 Å². The molecule has 0 aliphatic carbocycles. The van der Waals surface area contributed by atoms with Gasteiger partial charge in [0, 0.05) is 24.3 Å². The van der Waals surface area contributed by atoms with Crippen molar-refractivity contribution in [2.24, 2.45) is 5.16 Å². The van der Waals surface area contributed by atoms with Crippen molar-refractivity contribution in [1.29, 1.82) is 0 Å². The Kier molecular flexibility index (Phi) is 3.91. The van der Waals surface area contributed by atoms with Gasteiger partial charge in [-0.25, -0.2) is 0 Å². The van der Waals surface area contributed by atoms with Crippen molar-refractivity contribution >= 4 is 11.4 Å². The summed E-state index contributed by atoms with van der Waals surface area (Å²) < 4.78 is 0. The van der Waals surface area contributed by atoms with Crippen LogP contribution in [0.5, 0.6) is 0 Å². The van der Waals surface area contributed by atoms with Gasteiger partial charge in [0.25, 0.3) is 0 Å². The monoisotopic (exact) mass is 280 g/mol. The van der Waals surface area contributed by atoms with E-state index in [9.17, 15) is 5.21 Å². The van der Waals surface area contributed by atoms with E-state index in [4.69, 9.17) is 0 Å². The van der Waals surface area contributed by atoms with Crippen LogP contribution >= 0.6 is 0 Å². The van der Waals surface area contributed by atoms with Crippen molar-refractivity contribution < 1.29 is 5.21 Å². The van der Waals surface area contributed by atoms with Gasteiger partial charge in [-0.3, -0.25) is 0 Å². The Morgan fingerprint density at radius 3 is 2.81 bits per heavy atom. The molecule has 1 N–H and O–H groups in total. The topological polar surface area (TPSA) is 35.8 Å². The Morgan fingerprint density at radius 2 is 2.00 bits per heavy atom. The molecule has 0 fully saturated rings. The van der Waals surface area contributed by atoms with Crippen LogP contribution in [0.1, 0.15) is 29.5 Å². The maximum atomic E-state index is 9.24. The number of hydrogen-bond donors (Lipinski definition) is 1. The molecular formula is C18H20N2O. The lowest BCUT2D eigenvalue weighted by Gasteiger charge is -2.25. The fourth-order valence-electron chi connectivity index (χ4n) is 2.98. The zero-order chi connectivity index (χ0) is 14.7. The lowest BCUT2D eigenvalue weighted by Crippen LogP contribution is -2.23. The van der Waals surface area contributed by atoms with E-state index in [-0.39, 0.29) is 0 Å². The first-order valence-corrected chi connectivity index (χ1v) is 7.39. The van der Waals surface area contributed by atoms with Crippen LogP contribution < -0.4 is 4.90 Å². The molecule has 21 heavy (non-hydrogen) atoms. The third-order valence-corrected chi connectivity index (χ3v) is 3.97. The van der Waals surface area contributed by atoms with Crippen LogP contribution in [0.4, 0.5) is 5.69 Å². The van der Waals surface area contributed by atoms with E-state index in [2.05, 4.69) is 47.3 Å². The molecule has 0 aromatic heterocycles. The van der Waals surface area contributed by atoms with Crippen molar-refractivity contribution in [1.82, 2.24) is 0 Å². The summed E-state index contributed by atoms with van der Waals surface area (Å²) in [4.78, 5) is 2.38. The summed E-state index contributed by atoms with van der Waals surface area (Å²) in [5.41, 5.74) is 5.59.